The van der Waals surface area contributed by atoms with Crippen molar-refractivity contribution in [2.75, 3.05) is 26.2 Å². The van der Waals surface area contributed by atoms with Crippen LogP contribution in [-0.2, 0) is 4.74 Å². The van der Waals surface area contributed by atoms with Crippen molar-refractivity contribution >= 4 is 6.09 Å². The fourth-order valence-corrected chi connectivity index (χ4v) is 2.07. The van der Waals surface area contributed by atoms with Crippen molar-refractivity contribution in [2.45, 2.75) is 52.3 Å². The smallest absolute Gasteiger partial charge is 0.410 e. The molecule has 1 amide bonds. The summed E-state index contributed by atoms with van der Waals surface area (Å²) in [6.07, 6.45) is -0.329. The largest absolute Gasteiger partial charge is 0.444 e. The maximum atomic E-state index is 12.0. The van der Waals surface area contributed by atoms with Crippen molar-refractivity contribution in [3.63, 3.8) is 0 Å². The second-order valence-electron chi connectivity index (χ2n) is 6.10. The van der Waals surface area contributed by atoms with Crippen LogP contribution in [0.1, 0.15) is 34.6 Å². The molecule has 1 aliphatic heterocycles. The van der Waals surface area contributed by atoms with Crippen LogP contribution in [-0.4, -0.2) is 64.9 Å². The van der Waals surface area contributed by atoms with Gasteiger partial charge in [0, 0.05) is 25.7 Å². The minimum absolute atomic E-state index is 0.0253. The lowest BCUT2D eigenvalue weighted by molar-refractivity contribution is -0.0160. The van der Waals surface area contributed by atoms with E-state index in [2.05, 4.69) is 18.7 Å². The number of ether oxygens (including phenoxy) is 1. The predicted octanol–water partition coefficient (Wildman–Crippen LogP) is 1.31. The molecule has 0 aliphatic carbocycles. The summed E-state index contributed by atoms with van der Waals surface area (Å²) in [6, 6.07) is 0.260. The van der Waals surface area contributed by atoms with Gasteiger partial charge < -0.3 is 14.7 Å². The van der Waals surface area contributed by atoms with Gasteiger partial charge in [0.2, 0.25) is 0 Å². The number of carbonyl (C=O) groups excluding carboxylic acids is 1. The van der Waals surface area contributed by atoms with Gasteiger partial charge in [-0.1, -0.05) is 0 Å². The molecule has 1 N–H and O–H groups in total. The monoisotopic (exact) mass is 258 g/mol. The van der Waals surface area contributed by atoms with Gasteiger partial charge in [-0.2, -0.15) is 0 Å². The lowest BCUT2D eigenvalue weighted by Crippen LogP contribution is -2.58. The van der Waals surface area contributed by atoms with Crippen LogP contribution >= 0.6 is 0 Å². The number of aliphatic hydroxyl groups is 1. The van der Waals surface area contributed by atoms with Gasteiger partial charge in [-0.05, 0) is 34.6 Å². The van der Waals surface area contributed by atoms with Gasteiger partial charge in [-0.25, -0.2) is 4.79 Å². The van der Waals surface area contributed by atoms with E-state index in [0.717, 1.165) is 6.54 Å². The average molecular weight is 258 g/mol. The highest BCUT2D eigenvalue weighted by molar-refractivity contribution is 5.68. The first-order chi connectivity index (χ1) is 8.24. The molecule has 0 spiro atoms. The number of carbonyl (C=O) groups is 1. The zero-order valence-electron chi connectivity index (χ0n) is 12.1. The maximum Gasteiger partial charge on any atom is 0.410 e. The summed E-state index contributed by atoms with van der Waals surface area (Å²) in [6.45, 7) is 11.9. The van der Waals surface area contributed by atoms with Crippen LogP contribution in [0, 0.1) is 0 Å². The third kappa shape index (κ3) is 4.14. The molecular formula is C13H26N2O3. The molecule has 1 saturated heterocycles. The molecular weight excluding hydrogens is 232 g/mol. The summed E-state index contributed by atoms with van der Waals surface area (Å²) in [5.74, 6) is 0. The van der Waals surface area contributed by atoms with E-state index in [1.807, 2.05) is 20.8 Å². The van der Waals surface area contributed by atoms with Crippen molar-refractivity contribution in [2.24, 2.45) is 0 Å². The number of piperazine rings is 1. The fraction of sp³-hybridized carbons (Fsp3) is 0.923. The Kier molecular flexibility index (Phi) is 4.99. The SMILES string of the molecule is CC(C)N1CCN(C(=O)OC(C)(C)C)[C@@H](CO)C1. The Bertz CT molecular complexity index is 286. The number of hydrogen-bond donors (Lipinski definition) is 1. The first-order valence-electron chi connectivity index (χ1n) is 6.59. The molecule has 0 bridgehead atoms. The van der Waals surface area contributed by atoms with Gasteiger partial charge in [0.1, 0.15) is 5.60 Å². The first-order valence-corrected chi connectivity index (χ1v) is 6.59. The lowest BCUT2D eigenvalue weighted by Gasteiger charge is -2.42. The van der Waals surface area contributed by atoms with E-state index in [1.54, 1.807) is 4.90 Å². The van der Waals surface area contributed by atoms with E-state index in [1.165, 1.54) is 0 Å². The molecule has 0 aromatic carbocycles. The topological polar surface area (TPSA) is 53.0 Å². The molecule has 0 radical (unpaired) electrons. The molecule has 0 saturated carbocycles. The van der Waals surface area contributed by atoms with Gasteiger partial charge >= 0.3 is 6.09 Å². The van der Waals surface area contributed by atoms with E-state index in [0.29, 0.717) is 19.1 Å². The highest BCUT2D eigenvalue weighted by Crippen LogP contribution is 2.16. The molecule has 5 nitrogen and oxygen atoms in total. The number of rotatable bonds is 2. The average Bonchev–Trinajstić information content (AvgIpc) is 2.25. The summed E-state index contributed by atoms with van der Waals surface area (Å²) in [4.78, 5) is 15.9. The van der Waals surface area contributed by atoms with E-state index < -0.39 is 5.60 Å². The Morgan fingerprint density at radius 2 is 2.00 bits per heavy atom. The van der Waals surface area contributed by atoms with Gasteiger partial charge in [0.15, 0.2) is 0 Å². The van der Waals surface area contributed by atoms with Crippen LogP contribution in [0.5, 0.6) is 0 Å². The Morgan fingerprint density at radius 1 is 1.39 bits per heavy atom. The first kappa shape index (κ1) is 15.2. The van der Waals surface area contributed by atoms with Crippen LogP contribution in [0.3, 0.4) is 0 Å². The summed E-state index contributed by atoms with van der Waals surface area (Å²) in [7, 11) is 0. The quantitative estimate of drug-likeness (QED) is 0.811. The highest BCUT2D eigenvalue weighted by Gasteiger charge is 2.33. The van der Waals surface area contributed by atoms with Crippen molar-refractivity contribution in [1.29, 1.82) is 0 Å². The van der Waals surface area contributed by atoms with Crippen LogP contribution in [0.25, 0.3) is 0 Å². The third-order valence-corrected chi connectivity index (χ3v) is 3.08. The Balaban J connectivity index is 2.64. The number of amides is 1. The summed E-state index contributed by atoms with van der Waals surface area (Å²) >= 11 is 0. The maximum absolute atomic E-state index is 12.0. The molecule has 0 unspecified atom stereocenters. The Hall–Kier alpha value is -0.810. The molecule has 1 rings (SSSR count). The molecule has 1 fully saturated rings. The minimum atomic E-state index is -0.494. The molecule has 0 aromatic heterocycles. The van der Waals surface area contributed by atoms with Gasteiger partial charge in [-0.15, -0.1) is 0 Å². The van der Waals surface area contributed by atoms with E-state index in [4.69, 9.17) is 4.74 Å². The van der Waals surface area contributed by atoms with E-state index >= 15 is 0 Å². The number of aliphatic hydroxyl groups excluding tert-OH is 1. The molecule has 5 heteroatoms. The molecule has 0 aromatic rings. The summed E-state index contributed by atoms with van der Waals surface area (Å²) < 4.78 is 5.36. The van der Waals surface area contributed by atoms with E-state index in [9.17, 15) is 9.90 Å². The summed E-state index contributed by atoms with van der Waals surface area (Å²) in [5, 5.41) is 9.43. The second kappa shape index (κ2) is 5.89. The lowest BCUT2D eigenvalue weighted by atomic mass is 10.1. The molecule has 1 atom stereocenters. The Morgan fingerprint density at radius 3 is 2.44 bits per heavy atom. The van der Waals surface area contributed by atoms with Crippen LogP contribution in [0.4, 0.5) is 4.79 Å². The molecule has 1 aliphatic rings. The van der Waals surface area contributed by atoms with E-state index in [-0.39, 0.29) is 18.7 Å². The van der Waals surface area contributed by atoms with Crippen LogP contribution in [0.15, 0.2) is 0 Å². The third-order valence-electron chi connectivity index (χ3n) is 3.08. The van der Waals surface area contributed by atoms with Crippen molar-refractivity contribution in [3.8, 4) is 0 Å². The fourth-order valence-electron chi connectivity index (χ4n) is 2.07. The van der Waals surface area contributed by atoms with Gasteiger partial charge in [-0.3, -0.25) is 4.90 Å². The van der Waals surface area contributed by atoms with Crippen molar-refractivity contribution in [1.82, 2.24) is 9.80 Å². The molecule has 106 valence electrons. The zero-order valence-corrected chi connectivity index (χ0v) is 12.1. The normalized spacial score (nSPS) is 22.4. The second-order valence-corrected chi connectivity index (χ2v) is 6.10. The van der Waals surface area contributed by atoms with Crippen molar-refractivity contribution < 1.29 is 14.6 Å². The molecule has 1 heterocycles. The predicted molar refractivity (Wildman–Crippen MR) is 70.5 cm³/mol. The molecule has 18 heavy (non-hydrogen) atoms. The number of hydrogen-bond acceptors (Lipinski definition) is 4. The van der Waals surface area contributed by atoms with Gasteiger partial charge in [0.05, 0.1) is 12.6 Å². The number of nitrogens with zero attached hydrogens (tertiary/aromatic N) is 2. The minimum Gasteiger partial charge on any atom is -0.444 e. The standard InChI is InChI=1S/C13H26N2O3/c1-10(2)14-6-7-15(11(8-14)9-16)12(17)18-13(3,4)5/h10-11,16H,6-9H2,1-5H3/t11-/m1/s1. The van der Waals surface area contributed by atoms with Crippen LogP contribution in [0.2, 0.25) is 0 Å². The summed E-state index contributed by atoms with van der Waals surface area (Å²) in [5.41, 5.74) is -0.494. The zero-order chi connectivity index (χ0) is 13.9. The van der Waals surface area contributed by atoms with Crippen molar-refractivity contribution in [3.05, 3.63) is 0 Å². The Labute approximate surface area is 110 Å². The van der Waals surface area contributed by atoms with Gasteiger partial charge in [0.25, 0.3) is 0 Å². The highest BCUT2D eigenvalue weighted by atomic mass is 16.6. The van der Waals surface area contributed by atoms with Crippen LogP contribution < -0.4 is 0 Å².